The lowest BCUT2D eigenvalue weighted by Crippen LogP contribution is -2.01. The molecule has 1 aromatic rings. The Hall–Kier alpha value is -1.68. The number of halogens is 1. The highest BCUT2D eigenvalue weighted by Gasteiger charge is 2.09. The number of pyridine rings is 1. The molecule has 0 bridgehead atoms. The highest BCUT2D eigenvalue weighted by Crippen LogP contribution is 2.15. The number of nitrogens with zero attached hydrogens (tertiary/aromatic N) is 1. The largest absolute Gasteiger partial charge is 0.476 e. The quantitative estimate of drug-likeness (QED) is 0.610. The van der Waals surface area contributed by atoms with Gasteiger partial charge >= 0.3 is 5.97 Å². The molecule has 1 N–H and O–H groups in total. The van der Waals surface area contributed by atoms with E-state index in [1.807, 2.05) is 0 Å². The number of rotatable bonds is 3. The van der Waals surface area contributed by atoms with Gasteiger partial charge in [-0.05, 0) is 17.7 Å². The molecular weight excluding hydrogens is 206 g/mol. The van der Waals surface area contributed by atoms with E-state index in [0.717, 1.165) is 0 Å². The van der Waals surface area contributed by atoms with Crippen LogP contribution >= 0.6 is 11.6 Å². The minimum absolute atomic E-state index is 0.0468. The van der Waals surface area contributed by atoms with Crippen molar-refractivity contribution in [2.45, 2.75) is 0 Å². The van der Waals surface area contributed by atoms with Gasteiger partial charge < -0.3 is 5.11 Å². The molecule has 0 aliphatic rings. The molecule has 0 radical (unpaired) electrons. The van der Waals surface area contributed by atoms with Gasteiger partial charge in [-0.3, -0.25) is 4.79 Å². The van der Waals surface area contributed by atoms with Crippen LogP contribution in [0.15, 0.2) is 18.3 Å². The molecule has 0 saturated carbocycles. The molecule has 5 heteroatoms. The number of aromatic nitrogens is 1. The van der Waals surface area contributed by atoms with Gasteiger partial charge in [-0.1, -0.05) is 17.7 Å². The van der Waals surface area contributed by atoms with Gasteiger partial charge in [0.2, 0.25) is 0 Å². The van der Waals surface area contributed by atoms with Crippen molar-refractivity contribution in [3.05, 3.63) is 34.6 Å². The first-order chi connectivity index (χ1) is 6.65. The lowest BCUT2D eigenvalue weighted by Gasteiger charge is -1.98. The molecule has 0 spiro atoms. The van der Waals surface area contributed by atoms with Crippen molar-refractivity contribution in [1.29, 1.82) is 0 Å². The Morgan fingerprint density at radius 1 is 1.57 bits per heavy atom. The van der Waals surface area contributed by atoms with Crippen molar-refractivity contribution in [1.82, 2.24) is 4.98 Å². The van der Waals surface area contributed by atoms with E-state index >= 15 is 0 Å². The fraction of sp³-hybridized carbons (Fsp3) is 0. The number of carbonyl (C=O) groups excluding carboxylic acids is 1. The van der Waals surface area contributed by atoms with Gasteiger partial charge in [-0.2, -0.15) is 0 Å². The fourth-order valence-corrected chi connectivity index (χ4v) is 1.11. The predicted molar refractivity (Wildman–Crippen MR) is 51.3 cm³/mol. The maximum atomic E-state index is 10.5. The fourth-order valence-electron chi connectivity index (χ4n) is 0.852. The summed E-state index contributed by atoms with van der Waals surface area (Å²) >= 11 is 5.64. The van der Waals surface area contributed by atoms with Crippen LogP contribution in [0.25, 0.3) is 6.08 Å². The maximum absolute atomic E-state index is 10.5. The van der Waals surface area contributed by atoms with Crippen molar-refractivity contribution in [3.63, 3.8) is 0 Å². The molecule has 1 aromatic heterocycles. The Bertz CT molecular complexity index is 401. The molecule has 0 aliphatic carbocycles. The van der Waals surface area contributed by atoms with Gasteiger partial charge in [0, 0.05) is 6.20 Å². The zero-order valence-corrected chi connectivity index (χ0v) is 7.73. The van der Waals surface area contributed by atoms with Crippen LogP contribution in [0.5, 0.6) is 0 Å². The van der Waals surface area contributed by atoms with Crippen molar-refractivity contribution >= 4 is 29.9 Å². The van der Waals surface area contributed by atoms with Gasteiger partial charge in [-0.25, -0.2) is 9.78 Å². The topological polar surface area (TPSA) is 67.3 Å². The summed E-state index contributed by atoms with van der Waals surface area (Å²) in [4.78, 5) is 24.2. The molecule has 72 valence electrons. The third-order valence-electron chi connectivity index (χ3n) is 1.43. The molecule has 0 fully saturated rings. The van der Waals surface area contributed by atoms with E-state index in [1.54, 1.807) is 0 Å². The first-order valence-corrected chi connectivity index (χ1v) is 4.03. The third kappa shape index (κ3) is 2.40. The molecule has 0 unspecified atom stereocenters. The summed E-state index contributed by atoms with van der Waals surface area (Å²) in [6, 6.07) is 1.43. The summed E-state index contributed by atoms with van der Waals surface area (Å²) in [7, 11) is 0. The number of carboxylic acid groups (broad SMARTS) is 1. The number of carboxylic acids is 1. The molecule has 0 aliphatic heterocycles. The third-order valence-corrected chi connectivity index (χ3v) is 1.72. The van der Waals surface area contributed by atoms with Gasteiger partial charge in [0.05, 0.1) is 5.02 Å². The van der Waals surface area contributed by atoms with E-state index in [0.29, 0.717) is 11.8 Å². The van der Waals surface area contributed by atoms with Gasteiger partial charge in [0.1, 0.15) is 6.29 Å². The second-order valence-corrected chi connectivity index (χ2v) is 2.81. The number of aldehydes is 1. The summed E-state index contributed by atoms with van der Waals surface area (Å²) < 4.78 is 0. The Morgan fingerprint density at radius 2 is 2.29 bits per heavy atom. The Morgan fingerprint density at radius 3 is 2.79 bits per heavy atom. The first-order valence-electron chi connectivity index (χ1n) is 3.66. The number of carbonyl (C=O) groups is 2. The van der Waals surface area contributed by atoms with Crippen molar-refractivity contribution in [3.8, 4) is 0 Å². The van der Waals surface area contributed by atoms with Gasteiger partial charge in [0.25, 0.3) is 0 Å². The molecule has 0 amide bonds. The van der Waals surface area contributed by atoms with E-state index in [1.165, 1.54) is 24.4 Å². The summed E-state index contributed by atoms with van der Waals surface area (Å²) in [6.07, 6.45) is 4.69. The second kappa shape index (κ2) is 4.53. The Labute approximate surface area is 84.8 Å². The average Bonchev–Trinajstić information content (AvgIpc) is 2.14. The molecule has 0 atom stereocenters. The van der Waals surface area contributed by atoms with Crippen molar-refractivity contribution < 1.29 is 14.7 Å². The van der Waals surface area contributed by atoms with Crippen molar-refractivity contribution in [2.24, 2.45) is 0 Å². The van der Waals surface area contributed by atoms with E-state index in [-0.39, 0.29) is 10.7 Å². The number of allylic oxidation sites excluding steroid dienone is 1. The minimum Gasteiger partial charge on any atom is -0.476 e. The highest BCUT2D eigenvalue weighted by atomic mass is 35.5. The molecule has 0 aromatic carbocycles. The summed E-state index contributed by atoms with van der Waals surface area (Å²) in [5, 5.41) is 8.66. The van der Waals surface area contributed by atoms with Gasteiger partial charge in [-0.15, -0.1) is 0 Å². The summed E-state index contributed by atoms with van der Waals surface area (Å²) in [5.41, 5.74) is 0.377. The monoisotopic (exact) mass is 211 g/mol. The zero-order chi connectivity index (χ0) is 10.6. The summed E-state index contributed by atoms with van der Waals surface area (Å²) in [5.74, 6) is -1.18. The molecular formula is C9H6ClNO3. The SMILES string of the molecule is O=CC=Cc1cnc(C(=O)O)c(Cl)c1. The summed E-state index contributed by atoms with van der Waals surface area (Å²) in [6.45, 7) is 0. The van der Waals surface area contributed by atoms with E-state index in [9.17, 15) is 9.59 Å². The van der Waals surface area contributed by atoms with Crippen LogP contribution in [-0.4, -0.2) is 22.3 Å². The molecule has 14 heavy (non-hydrogen) atoms. The van der Waals surface area contributed by atoms with Crippen LogP contribution in [0.4, 0.5) is 0 Å². The molecule has 0 saturated heterocycles. The van der Waals surface area contributed by atoms with E-state index < -0.39 is 5.97 Å². The lowest BCUT2D eigenvalue weighted by molar-refractivity contribution is -0.104. The first kappa shape index (κ1) is 10.4. The van der Waals surface area contributed by atoms with E-state index in [4.69, 9.17) is 16.7 Å². The van der Waals surface area contributed by atoms with Crippen LogP contribution in [0.3, 0.4) is 0 Å². The molecule has 4 nitrogen and oxygen atoms in total. The number of hydrogen-bond acceptors (Lipinski definition) is 3. The van der Waals surface area contributed by atoms with Gasteiger partial charge in [0.15, 0.2) is 5.69 Å². The van der Waals surface area contributed by atoms with Crippen LogP contribution in [0.2, 0.25) is 5.02 Å². The van der Waals surface area contributed by atoms with Crippen molar-refractivity contribution in [2.75, 3.05) is 0 Å². The average molecular weight is 212 g/mol. The molecule has 1 rings (SSSR count). The number of aromatic carboxylic acids is 1. The predicted octanol–water partition coefficient (Wildman–Crippen LogP) is 1.65. The smallest absolute Gasteiger partial charge is 0.356 e. The second-order valence-electron chi connectivity index (χ2n) is 2.40. The van der Waals surface area contributed by atoms with Crippen LogP contribution in [0.1, 0.15) is 16.1 Å². The van der Waals surface area contributed by atoms with Crippen LogP contribution < -0.4 is 0 Å². The Balaban J connectivity index is 3.06. The van der Waals surface area contributed by atoms with E-state index in [2.05, 4.69) is 4.98 Å². The number of hydrogen-bond donors (Lipinski definition) is 1. The minimum atomic E-state index is -1.18. The van der Waals surface area contributed by atoms with Crippen LogP contribution in [-0.2, 0) is 4.79 Å². The lowest BCUT2D eigenvalue weighted by atomic mass is 10.2. The standard InChI is InChI=1S/C9H6ClNO3/c10-7-4-6(2-1-3-12)5-11-8(7)9(13)14/h1-5H,(H,13,14). The Kier molecular flexibility index (Phi) is 3.36. The highest BCUT2D eigenvalue weighted by molar-refractivity contribution is 6.33. The van der Waals surface area contributed by atoms with Crippen LogP contribution in [0, 0.1) is 0 Å². The molecule has 1 heterocycles. The zero-order valence-electron chi connectivity index (χ0n) is 6.98. The normalized spacial score (nSPS) is 10.4. The maximum Gasteiger partial charge on any atom is 0.356 e.